The zero-order valence-corrected chi connectivity index (χ0v) is 12.9. The van der Waals surface area contributed by atoms with Crippen molar-refractivity contribution in [3.63, 3.8) is 0 Å². The molecule has 0 bridgehead atoms. The standard InChI is InChI=1S/C15H30N2O2/c1-12(14(18)16-9-6-10-19-4)17-13-7-5-8-15(2,3)11-13/h12-13,17H,5-11H2,1-4H3,(H,16,18). The predicted octanol–water partition coefficient (Wildman–Crippen LogP) is 2.09. The largest absolute Gasteiger partial charge is 0.385 e. The molecule has 0 spiro atoms. The molecule has 112 valence electrons. The summed E-state index contributed by atoms with van der Waals surface area (Å²) < 4.78 is 4.96. The van der Waals surface area contributed by atoms with E-state index in [1.165, 1.54) is 19.3 Å². The monoisotopic (exact) mass is 270 g/mol. The molecule has 1 rings (SSSR count). The molecule has 2 atom stereocenters. The Morgan fingerprint density at radius 1 is 1.47 bits per heavy atom. The Morgan fingerprint density at radius 3 is 2.84 bits per heavy atom. The van der Waals surface area contributed by atoms with Gasteiger partial charge in [-0.15, -0.1) is 0 Å². The van der Waals surface area contributed by atoms with Crippen LogP contribution in [0.25, 0.3) is 0 Å². The lowest BCUT2D eigenvalue weighted by Gasteiger charge is -2.36. The molecule has 0 aromatic heterocycles. The Labute approximate surface area is 117 Å². The quantitative estimate of drug-likeness (QED) is 0.696. The van der Waals surface area contributed by atoms with Crippen LogP contribution in [-0.4, -0.2) is 38.3 Å². The van der Waals surface area contributed by atoms with Crippen LogP contribution in [-0.2, 0) is 9.53 Å². The van der Waals surface area contributed by atoms with Crippen LogP contribution < -0.4 is 10.6 Å². The van der Waals surface area contributed by atoms with E-state index in [0.29, 0.717) is 24.6 Å². The van der Waals surface area contributed by atoms with Crippen LogP contribution >= 0.6 is 0 Å². The molecule has 1 aliphatic rings. The van der Waals surface area contributed by atoms with Crippen molar-refractivity contribution in [2.75, 3.05) is 20.3 Å². The minimum atomic E-state index is -0.110. The number of carbonyl (C=O) groups excluding carboxylic acids is 1. The molecule has 2 N–H and O–H groups in total. The molecule has 1 amide bonds. The maximum atomic E-state index is 11.9. The van der Waals surface area contributed by atoms with Crippen LogP contribution in [0.2, 0.25) is 0 Å². The third-order valence-corrected chi connectivity index (χ3v) is 3.91. The predicted molar refractivity (Wildman–Crippen MR) is 78.1 cm³/mol. The molecule has 0 saturated heterocycles. The van der Waals surface area contributed by atoms with E-state index >= 15 is 0 Å². The van der Waals surface area contributed by atoms with E-state index < -0.39 is 0 Å². The smallest absolute Gasteiger partial charge is 0.236 e. The van der Waals surface area contributed by atoms with Gasteiger partial charge in [0.1, 0.15) is 0 Å². The molecule has 0 heterocycles. The fourth-order valence-electron chi connectivity index (χ4n) is 2.85. The van der Waals surface area contributed by atoms with Gasteiger partial charge in [0.05, 0.1) is 6.04 Å². The van der Waals surface area contributed by atoms with Crippen molar-refractivity contribution in [2.24, 2.45) is 5.41 Å². The molecule has 0 aromatic carbocycles. The van der Waals surface area contributed by atoms with E-state index in [2.05, 4.69) is 24.5 Å². The van der Waals surface area contributed by atoms with Gasteiger partial charge in [0.25, 0.3) is 0 Å². The molecule has 1 saturated carbocycles. The molecule has 1 fully saturated rings. The number of methoxy groups -OCH3 is 1. The average molecular weight is 270 g/mol. The number of ether oxygens (including phenoxy) is 1. The number of amides is 1. The van der Waals surface area contributed by atoms with Gasteiger partial charge in [-0.25, -0.2) is 0 Å². The molecule has 4 nitrogen and oxygen atoms in total. The highest BCUT2D eigenvalue weighted by atomic mass is 16.5. The SMILES string of the molecule is COCCCNC(=O)C(C)NC1CCCC(C)(C)C1. The van der Waals surface area contributed by atoms with Crippen LogP contribution in [0.1, 0.15) is 52.9 Å². The summed E-state index contributed by atoms with van der Waals surface area (Å²) in [5, 5.41) is 6.42. The second-order valence-electron chi connectivity index (χ2n) is 6.48. The minimum absolute atomic E-state index is 0.0967. The summed E-state index contributed by atoms with van der Waals surface area (Å²) in [6.45, 7) is 7.97. The summed E-state index contributed by atoms with van der Waals surface area (Å²) in [6, 6.07) is 0.366. The number of hydrogen-bond donors (Lipinski definition) is 2. The van der Waals surface area contributed by atoms with Gasteiger partial charge in [-0.3, -0.25) is 4.79 Å². The Bertz CT molecular complexity index is 279. The third kappa shape index (κ3) is 6.39. The van der Waals surface area contributed by atoms with E-state index in [4.69, 9.17) is 4.74 Å². The van der Waals surface area contributed by atoms with Crippen LogP contribution in [0, 0.1) is 5.41 Å². The molecular formula is C15H30N2O2. The first-order chi connectivity index (χ1) is 8.94. The molecule has 4 heteroatoms. The zero-order valence-electron chi connectivity index (χ0n) is 12.9. The summed E-state index contributed by atoms with van der Waals surface area (Å²) in [7, 11) is 1.68. The van der Waals surface area contributed by atoms with Gasteiger partial charge < -0.3 is 15.4 Å². The number of carbonyl (C=O) groups is 1. The number of rotatable bonds is 7. The summed E-state index contributed by atoms with van der Waals surface area (Å²) in [5.41, 5.74) is 0.407. The third-order valence-electron chi connectivity index (χ3n) is 3.91. The highest BCUT2D eigenvalue weighted by Crippen LogP contribution is 2.35. The van der Waals surface area contributed by atoms with Crippen LogP contribution in [0.3, 0.4) is 0 Å². The first kappa shape index (κ1) is 16.4. The van der Waals surface area contributed by atoms with Gasteiger partial charge in [-0.2, -0.15) is 0 Å². The summed E-state index contributed by atoms with van der Waals surface area (Å²) in [6.07, 6.45) is 5.76. The first-order valence-electron chi connectivity index (χ1n) is 7.47. The molecule has 19 heavy (non-hydrogen) atoms. The van der Waals surface area contributed by atoms with E-state index in [-0.39, 0.29) is 11.9 Å². The topological polar surface area (TPSA) is 50.4 Å². The van der Waals surface area contributed by atoms with Crippen molar-refractivity contribution in [3.05, 3.63) is 0 Å². The van der Waals surface area contributed by atoms with E-state index in [1.807, 2.05) is 6.92 Å². The van der Waals surface area contributed by atoms with Crippen molar-refractivity contribution in [3.8, 4) is 0 Å². The van der Waals surface area contributed by atoms with Crippen molar-refractivity contribution < 1.29 is 9.53 Å². The van der Waals surface area contributed by atoms with Gasteiger partial charge in [0.2, 0.25) is 5.91 Å². The summed E-state index contributed by atoms with van der Waals surface area (Å²) in [4.78, 5) is 11.9. The van der Waals surface area contributed by atoms with Crippen molar-refractivity contribution >= 4 is 5.91 Å². The molecule has 0 radical (unpaired) electrons. The molecule has 0 aromatic rings. The summed E-state index contributed by atoms with van der Waals surface area (Å²) >= 11 is 0. The lowest BCUT2D eigenvalue weighted by Crippen LogP contribution is -2.49. The normalized spacial score (nSPS) is 23.9. The Kier molecular flexibility index (Phi) is 6.80. The average Bonchev–Trinajstić information content (AvgIpc) is 2.33. The second-order valence-corrected chi connectivity index (χ2v) is 6.48. The van der Waals surface area contributed by atoms with Crippen molar-refractivity contribution in [1.29, 1.82) is 0 Å². The van der Waals surface area contributed by atoms with Crippen molar-refractivity contribution in [2.45, 2.75) is 65.0 Å². The number of hydrogen-bond acceptors (Lipinski definition) is 3. The van der Waals surface area contributed by atoms with Crippen molar-refractivity contribution in [1.82, 2.24) is 10.6 Å². The van der Waals surface area contributed by atoms with Gasteiger partial charge in [0.15, 0.2) is 0 Å². The fourth-order valence-corrected chi connectivity index (χ4v) is 2.85. The van der Waals surface area contributed by atoms with Crippen LogP contribution in [0.5, 0.6) is 0 Å². The molecule has 0 aliphatic heterocycles. The molecule has 1 aliphatic carbocycles. The van der Waals surface area contributed by atoms with Crippen LogP contribution in [0.15, 0.2) is 0 Å². The summed E-state index contributed by atoms with van der Waals surface area (Å²) in [5.74, 6) is 0.0967. The van der Waals surface area contributed by atoms with Gasteiger partial charge in [-0.05, 0) is 38.0 Å². The van der Waals surface area contributed by atoms with E-state index in [9.17, 15) is 4.79 Å². The lowest BCUT2D eigenvalue weighted by molar-refractivity contribution is -0.123. The Balaban J connectivity index is 2.25. The second kappa shape index (κ2) is 7.85. The van der Waals surface area contributed by atoms with Gasteiger partial charge >= 0.3 is 0 Å². The fraction of sp³-hybridized carbons (Fsp3) is 0.933. The van der Waals surface area contributed by atoms with E-state index in [1.54, 1.807) is 7.11 Å². The zero-order chi connectivity index (χ0) is 14.3. The Morgan fingerprint density at radius 2 is 2.21 bits per heavy atom. The lowest BCUT2D eigenvalue weighted by atomic mass is 9.75. The first-order valence-corrected chi connectivity index (χ1v) is 7.47. The molecule has 2 unspecified atom stereocenters. The van der Waals surface area contributed by atoms with E-state index in [0.717, 1.165) is 12.8 Å². The molecular weight excluding hydrogens is 240 g/mol. The van der Waals surface area contributed by atoms with Gasteiger partial charge in [0, 0.05) is 26.3 Å². The minimum Gasteiger partial charge on any atom is -0.385 e. The number of nitrogens with one attached hydrogen (secondary N) is 2. The highest BCUT2D eigenvalue weighted by Gasteiger charge is 2.29. The maximum absolute atomic E-state index is 11.9. The maximum Gasteiger partial charge on any atom is 0.236 e. The Hall–Kier alpha value is -0.610. The van der Waals surface area contributed by atoms with Crippen LogP contribution in [0.4, 0.5) is 0 Å². The van der Waals surface area contributed by atoms with Gasteiger partial charge in [-0.1, -0.05) is 20.3 Å². The highest BCUT2D eigenvalue weighted by molar-refractivity contribution is 5.81.